The van der Waals surface area contributed by atoms with E-state index in [0.717, 1.165) is 19.0 Å². The van der Waals surface area contributed by atoms with Crippen LogP contribution in [0.3, 0.4) is 0 Å². The number of hydrogen-bond donors (Lipinski definition) is 1. The second kappa shape index (κ2) is 8.34. The van der Waals surface area contributed by atoms with E-state index in [1.165, 1.54) is 23.1 Å². The van der Waals surface area contributed by atoms with Gasteiger partial charge in [-0.15, -0.1) is 24.0 Å². The maximum absolute atomic E-state index is 4.40. The molecule has 1 unspecified atom stereocenters. The maximum atomic E-state index is 4.40. The van der Waals surface area contributed by atoms with Gasteiger partial charge in [0.05, 0.1) is 0 Å². The van der Waals surface area contributed by atoms with E-state index in [-0.39, 0.29) is 24.0 Å². The first-order valence-corrected chi connectivity index (χ1v) is 7.81. The molecular weight excluding hydrogens is 397 g/mol. The molecule has 1 atom stereocenters. The Balaban J connectivity index is 0.00000192. The predicted octanol–water partition coefficient (Wildman–Crippen LogP) is 3.65. The number of guanidine groups is 1. The zero-order valence-corrected chi connectivity index (χ0v) is 16.0. The first-order valence-electron chi connectivity index (χ1n) is 7.81. The molecule has 0 saturated carbocycles. The van der Waals surface area contributed by atoms with Gasteiger partial charge < -0.3 is 10.2 Å². The first-order chi connectivity index (χ1) is 10.8. The molecule has 0 saturated heterocycles. The molecule has 0 amide bonds. The van der Waals surface area contributed by atoms with Crippen LogP contribution in [0.25, 0.3) is 0 Å². The molecule has 2 aromatic carbocycles. The van der Waals surface area contributed by atoms with E-state index in [0.29, 0.717) is 5.92 Å². The molecule has 1 aliphatic rings. The van der Waals surface area contributed by atoms with Gasteiger partial charge in [0.2, 0.25) is 0 Å². The van der Waals surface area contributed by atoms with E-state index in [2.05, 4.69) is 70.8 Å². The van der Waals surface area contributed by atoms with Gasteiger partial charge in [-0.2, -0.15) is 0 Å². The van der Waals surface area contributed by atoms with Crippen molar-refractivity contribution in [1.29, 1.82) is 0 Å². The van der Waals surface area contributed by atoms with E-state index < -0.39 is 0 Å². The Hall–Kier alpha value is -1.56. The molecule has 3 nitrogen and oxygen atoms in total. The van der Waals surface area contributed by atoms with E-state index in [1.54, 1.807) is 0 Å². The highest BCUT2D eigenvalue weighted by molar-refractivity contribution is 14.0. The maximum Gasteiger partial charge on any atom is 0.193 e. The molecule has 23 heavy (non-hydrogen) atoms. The molecule has 0 radical (unpaired) electrons. The van der Waals surface area contributed by atoms with Crippen LogP contribution >= 0.6 is 24.0 Å². The number of fused-ring (bicyclic) bond motifs is 1. The third-order valence-electron chi connectivity index (χ3n) is 4.30. The lowest BCUT2D eigenvalue weighted by Crippen LogP contribution is -2.41. The molecule has 0 bridgehead atoms. The molecule has 0 heterocycles. The van der Waals surface area contributed by atoms with Crippen LogP contribution in [0.2, 0.25) is 0 Å². The number of nitrogens with one attached hydrogen (secondary N) is 1. The first kappa shape index (κ1) is 17.8. The van der Waals surface area contributed by atoms with Crippen molar-refractivity contribution in [2.24, 2.45) is 4.99 Å². The third-order valence-corrected chi connectivity index (χ3v) is 4.30. The summed E-state index contributed by atoms with van der Waals surface area (Å²) in [5.74, 6) is 1.56. The van der Waals surface area contributed by atoms with Crippen molar-refractivity contribution in [2.75, 3.05) is 20.6 Å². The summed E-state index contributed by atoms with van der Waals surface area (Å²) in [5, 5.41) is 3.51. The Kier molecular flexibility index (Phi) is 6.45. The highest BCUT2D eigenvalue weighted by atomic mass is 127. The number of nitrogens with zero attached hydrogens (tertiary/aromatic N) is 2. The van der Waals surface area contributed by atoms with Gasteiger partial charge in [-0.05, 0) is 23.1 Å². The van der Waals surface area contributed by atoms with Gasteiger partial charge in [0.1, 0.15) is 0 Å². The van der Waals surface area contributed by atoms with Crippen molar-refractivity contribution in [1.82, 2.24) is 10.2 Å². The quantitative estimate of drug-likeness (QED) is 0.464. The molecule has 3 rings (SSSR count). The number of rotatable bonds is 4. The fraction of sp³-hybridized carbons (Fsp3) is 0.316. The molecule has 4 heteroatoms. The molecule has 122 valence electrons. The predicted molar refractivity (Wildman–Crippen MR) is 108 cm³/mol. The lowest BCUT2D eigenvalue weighted by atomic mass is 9.78. The van der Waals surface area contributed by atoms with Crippen LogP contribution in [0.4, 0.5) is 0 Å². The zero-order valence-electron chi connectivity index (χ0n) is 13.7. The average Bonchev–Trinajstić information content (AvgIpc) is 2.53. The van der Waals surface area contributed by atoms with Gasteiger partial charge in [0.15, 0.2) is 5.96 Å². The zero-order chi connectivity index (χ0) is 15.4. The Labute approximate surface area is 155 Å². The van der Waals surface area contributed by atoms with Crippen LogP contribution in [0, 0.1) is 0 Å². The summed E-state index contributed by atoms with van der Waals surface area (Å²) in [4.78, 5) is 6.57. The smallest absolute Gasteiger partial charge is 0.193 e. The lowest BCUT2D eigenvalue weighted by molar-refractivity contribution is 0.467. The van der Waals surface area contributed by atoms with Crippen molar-refractivity contribution in [3.8, 4) is 0 Å². The molecule has 0 aliphatic heterocycles. The number of hydrogen-bond acceptors (Lipinski definition) is 1. The number of aliphatic imine (C=N–C) groups is 1. The Bertz CT molecular complexity index is 655. The summed E-state index contributed by atoms with van der Waals surface area (Å²) in [6.07, 6.45) is 1.17. The van der Waals surface area contributed by atoms with Crippen molar-refractivity contribution >= 4 is 29.9 Å². The molecule has 1 N–H and O–H groups in total. The number of benzene rings is 2. The Morgan fingerprint density at radius 1 is 1.13 bits per heavy atom. The van der Waals surface area contributed by atoms with E-state index in [1.807, 2.05) is 13.1 Å². The highest BCUT2D eigenvalue weighted by Crippen LogP contribution is 2.33. The summed E-state index contributed by atoms with van der Waals surface area (Å²) in [5.41, 5.74) is 4.26. The van der Waals surface area contributed by atoms with Crippen LogP contribution < -0.4 is 5.32 Å². The fourth-order valence-electron chi connectivity index (χ4n) is 3.08. The normalized spacial score (nSPS) is 15.9. The van der Waals surface area contributed by atoms with Crippen molar-refractivity contribution in [3.05, 3.63) is 71.3 Å². The van der Waals surface area contributed by atoms with Gasteiger partial charge in [-0.25, -0.2) is 0 Å². The molecule has 2 aromatic rings. The fourth-order valence-corrected chi connectivity index (χ4v) is 3.08. The van der Waals surface area contributed by atoms with Crippen molar-refractivity contribution in [2.45, 2.75) is 18.9 Å². The van der Waals surface area contributed by atoms with Gasteiger partial charge >= 0.3 is 0 Å². The van der Waals surface area contributed by atoms with Crippen LogP contribution in [0.15, 0.2) is 59.6 Å². The highest BCUT2D eigenvalue weighted by Gasteiger charge is 2.25. The second-order valence-electron chi connectivity index (χ2n) is 5.87. The molecule has 0 fully saturated rings. The van der Waals surface area contributed by atoms with Crippen molar-refractivity contribution < 1.29 is 0 Å². The van der Waals surface area contributed by atoms with Crippen LogP contribution in [0.5, 0.6) is 0 Å². The summed E-state index contributed by atoms with van der Waals surface area (Å²) in [6, 6.07) is 19.2. The summed E-state index contributed by atoms with van der Waals surface area (Å²) < 4.78 is 0. The monoisotopic (exact) mass is 421 g/mol. The van der Waals surface area contributed by atoms with Gasteiger partial charge in [0, 0.05) is 33.1 Å². The molecule has 0 spiro atoms. The van der Waals surface area contributed by atoms with Gasteiger partial charge in [0.25, 0.3) is 0 Å². The van der Waals surface area contributed by atoms with Crippen LogP contribution in [-0.2, 0) is 13.0 Å². The summed E-state index contributed by atoms with van der Waals surface area (Å²) in [7, 11) is 3.93. The van der Waals surface area contributed by atoms with Crippen LogP contribution in [-0.4, -0.2) is 31.5 Å². The van der Waals surface area contributed by atoms with Crippen LogP contribution in [0.1, 0.15) is 22.6 Å². The second-order valence-corrected chi connectivity index (χ2v) is 5.87. The van der Waals surface area contributed by atoms with E-state index in [9.17, 15) is 0 Å². The van der Waals surface area contributed by atoms with Gasteiger partial charge in [-0.1, -0.05) is 54.6 Å². The lowest BCUT2D eigenvalue weighted by Gasteiger charge is -2.32. The van der Waals surface area contributed by atoms with E-state index in [4.69, 9.17) is 0 Å². The largest absolute Gasteiger partial charge is 0.356 e. The average molecular weight is 421 g/mol. The SMILES string of the molecule is CN=C(NCC1Cc2ccccc21)N(C)Cc1ccccc1.I. The molecule has 0 aromatic heterocycles. The standard InChI is InChI=1S/C19H23N3.HI/c1-20-19(22(2)14-15-8-4-3-5-9-15)21-13-17-12-16-10-6-7-11-18(16)17;/h3-11,17H,12-14H2,1-2H3,(H,20,21);1H. The molecular formula is C19H24IN3. The Morgan fingerprint density at radius 2 is 1.83 bits per heavy atom. The minimum Gasteiger partial charge on any atom is -0.356 e. The minimum absolute atomic E-state index is 0. The van der Waals surface area contributed by atoms with E-state index >= 15 is 0 Å². The summed E-state index contributed by atoms with van der Waals surface area (Å²) in [6.45, 7) is 1.81. The number of halogens is 1. The van der Waals surface area contributed by atoms with Gasteiger partial charge in [-0.3, -0.25) is 4.99 Å². The topological polar surface area (TPSA) is 27.6 Å². The minimum atomic E-state index is 0. The third kappa shape index (κ3) is 4.25. The van der Waals surface area contributed by atoms with Crippen molar-refractivity contribution in [3.63, 3.8) is 0 Å². The molecule has 1 aliphatic carbocycles. The Morgan fingerprint density at radius 3 is 2.52 bits per heavy atom. The summed E-state index contributed by atoms with van der Waals surface area (Å²) >= 11 is 0.